The molecule has 1 aliphatic heterocycles. The van der Waals surface area contributed by atoms with E-state index in [-0.39, 0.29) is 9.49 Å². The molecule has 1 fully saturated rings. The summed E-state index contributed by atoms with van der Waals surface area (Å²) < 4.78 is 1.44. The number of amides is 4. The minimum Gasteiger partial charge on any atom is -0.262 e. The highest BCUT2D eigenvalue weighted by atomic mass is 32.2. The Kier molecular flexibility index (Phi) is 5.18. The first-order chi connectivity index (χ1) is 9.04. The lowest BCUT2D eigenvalue weighted by atomic mass is 10.1. The highest BCUT2D eigenvalue weighted by Crippen LogP contribution is 2.39. The van der Waals surface area contributed by atoms with Gasteiger partial charge in [-0.25, -0.2) is 4.79 Å². The molecule has 0 aromatic rings. The third kappa shape index (κ3) is 3.69. The van der Waals surface area contributed by atoms with Crippen LogP contribution in [-0.4, -0.2) is 35.9 Å². The van der Waals surface area contributed by atoms with Crippen LogP contribution >= 0.6 is 23.9 Å². The van der Waals surface area contributed by atoms with Gasteiger partial charge in [0.1, 0.15) is 0 Å². The van der Waals surface area contributed by atoms with Crippen LogP contribution < -0.4 is 0 Å². The molecule has 114 valence electrons. The van der Waals surface area contributed by atoms with Gasteiger partial charge in [-0.3, -0.25) is 9.59 Å². The zero-order valence-corrected chi connectivity index (χ0v) is 14.5. The largest absolute Gasteiger partial charge is 0.354 e. The van der Waals surface area contributed by atoms with Crippen LogP contribution in [0.4, 0.5) is 4.79 Å². The molecule has 0 N–H and O–H groups in total. The smallest absolute Gasteiger partial charge is 0.262 e. The maximum Gasteiger partial charge on any atom is 0.354 e. The molecular formula is C13H22N2O3S2. The van der Waals surface area contributed by atoms with Crippen molar-refractivity contribution in [1.82, 2.24) is 8.61 Å². The van der Waals surface area contributed by atoms with Crippen molar-refractivity contribution in [3.63, 3.8) is 0 Å². The second-order valence-electron chi connectivity index (χ2n) is 5.89. The van der Waals surface area contributed by atoms with Gasteiger partial charge in [0.25, 0.3) is 0 Å². The zero-order chi connectivity index (χ0) is 15.7. The summed E-state index contributed by atoms with van der Waals surface area (Å²) in [4.78, 5) is 36.2. The average Bonchev–Trinajstić information content (AvgIpc) is 2.56. The van der Waals surface area contributed by atoms with Gasteiger partial charge in [-0.1, -0.05) is 13.8 Å². The molecule has 0 atom stereocenters. The van der Waals surface area contributed by atoms with E-state index in [9.17, 15) is 14.4 Å². The Morgan fingerprint density at radius 1 is 0.800 bits per heavy atom. The Labute approximate surface area is 129 Å². The summed E-state index contributed by atoms with van der Waals surface area (Å²) in [5.41, 5.74) is 0. The van der Waals surface area contributed by atoms with Gasteiger partial charge in [-0.05, 0) is 64.4 Å². The Hall–Kier alpha value is -0.690. The van der Waals surface area contributed by atoms with Crippen LogP contribution in [0.1, 0.15) is 54.4 Å². The minimum absolute atomic E-state index is 0.271. The van der Waals surface area contributed by atoms with E-state index in [1.807, 2.05) is 41.5 Å². The van der Waals surface area contributed by atoms with Gasteiger partial charge in [-0.15, -0.1) is 0 Å². The average molecular weight is 318 g/mol. The zero-order valence-electron chi connectivity index (χ0n) is 12.8. The fraction of sp³-hybridized carbons (Fsp3) is 0.769. The number of carbonyl (C=O) groups is 3. The van der Waals surface area contributed by atoms with Gasteiger partial charge in [0.2, 0.25) is 0 Å². The number of hydrogen-bond acceptors (Lipinski definition) is 5. The van der Waals surface area contributed by atoms with Crippen molar-refractivity contribution in [1.29, 1.82) is 0 Å². The van der Waals surface area contributed by atoms with Gasteiger partial charge in [-0.2, -0.15) is 8.61 Å². The molecule has 1 rings (SSSR count). The molecule has 0 unspecified atom stereocenters. The van der Waals surface area contributed by atoms with Gasteiger partial charge in [0.15, 0.2) is 0 Å². The molecule has 1 aliphatic rings. The van der Waals surface area contributed by atoms with E-state index in [0.717, 1.165) is 45.3 Å². The maximum absolute atomic E-state index is 12.3. The summed E-state index contributed by atoms with van der Waals surface area (Å²) in [6, 6.07) is -0.543. The van der Waals surface area contributed by atoms with Gasteiger partial charge < -0.3 is 0 Å². The van der Waals surface area contributed by atoms with Crippen LogP contribution in [0, 0.1) is 0 Å². The number of nitrogens with zero attached hydrogens (tertiary/aromatic N) is 2. The van der Waals surface area contributed by atoms with E-state index in [2.05, 4.69) is 0 Å². The number of rotatable bonds is 6. The number of imide groups is 2. The van der Waals surface area contributed by atoms with E-state index in [0.29, 0.717) is 0 Å². The van der Waals surface area contributed by atoms with Crippen LogP contribution in [0.3, 0.4) is 0 Å². The fourth-order valence-electron chi connectivity index (χ4n) is 1.21. The van der Waals surface area contributed by atoms with Crippen molar-refractivity contribution >= 4 is 41.7 Å². The lowest BCUT2D eigenvalue weighted by molar-refractivity contribution is -0.139. The van der Waals surface area contributed by atoms with Gasteiger partial charge >= 0.3 is 17.8 Å². The molecule has 0 aromatic carbocycles. The molecule has 0 aromatic heterocycles. The Bertz CT molecular complexity index is 397. The van der Waals surface area contributed by atoms with Crippen LogP contribution in [0.2, 0.25) is 0 Å². The predicted octanol–water partition coefficient (Wildman–Crippen LogP) is 3.45. The summed E-state index contributed by atoms with van der Waals surface area (Å²) in [7, 11) is 0. The number of hydrogen-bond donors (Lipinski definition) is 0. The van der Waals surface area contributed by atoms with Crippen molar-refractivity contribution in [3.8, 4) is 0 Å². The monoisotopic (exact) mass is 318 g/mol. The van der Waals surface area contributed by atoms with Crippen molar-refractivity contribution in [2.75, 3.05) is 0 Å². The van der Waals surface area contributed by atoms with Crippen LogP contribution in [0.5, 0.6) is 0 Å². The van der Waals surface area contributed by atoms with E-state index in [4.69, 9.17) is 0 Å². The van der Waals surface area contributed by atoms with E-state index in [1.54, 1.807) is 0 Å². The van der Waals surface area contributed by atoms with Crippen molar-refractivity contribution < 1.29 is 14.4 Å². The minimum atomic E-state index is -0.749. The molecule has 0 bridgehead atoms. The highest BCUT2D eigenvalue weighted by Gasteiger charge is 2.49. The number of carbonyl (C=O) groups excluding carboxylic acids is 3. The molecule has 4 amide bonds. The first-order valence-corrected chi connectivity index (χ1v) is 8.20. The van der Waals surface area contributed by atoms with Crippen molar-refractivity contribution in [2.45, 2.75) is 63.9 Å². The second kappa shape index (κ2) is 5.97. The molecule has 20 heavy (non-hydrogen) atoms. The summed E-state index contributed by atoms with van der Waals surface area (Å²) in [6.07, 6.45) is 1.58. The topological polar surface area (TPSA) is 57.7 Å². The first kappa shape index (κ1) is 17.4. The Morgan fingerprint density at radius 2 is 1.10 bits per heavy atom. The molecule has 1 saturated heterocycles. The van der Waals surface area contributed by atoms with Gasteiger partial charge in [0, 0.05) is 9.49 Å². The molecule has 1 heterocycles. The van der Waals surface area contributed by atoms with Crippen molar-refractivity contribution in [3.05, 3.63) is 0 Å². The third-order valence-corrected chi connectivity index (χ3v) is 5.85. The molecule has 0 spiro atoms. The standard InChI is InChI=1S/C13H22N2O3S2/c1-7-12(3,4)19-14-9(16)10(17)15(11(14)18)20-13(5,6)8-2/h7-8H2,1-6H3. The van der Waals surface area contributed by atoms with Crippen LogP contribution in [0.25, 0.3) is 0 Å². The summed E-state index contributed by atoms with van der Waals surface area (Å²) in [6.45, 7) is 11.7. The van der Waals surface area contributed by atoms with E-state index >= 15 is 0 Å². The first-order valence-electron chi connectivity index (χ1n) is 6.65. The summed E-state index contributed by atoms with van der Waals surface area (Å²) in [5.74, 6) is -1.50. The molecule has 0 radical (unpaired) electrons. The molecule has 0 saturated carbocycles. The van der Waals surface area contributed by atoms with Gasteiger partial charge in [0.05, 0.1) is 0 Å². The van der Waals surface area contributed by atoms with Crippen molar-refractivity contribution in [2.24, 2.45) is 0 Å². The Balaban J connectivity index is 2.91. The fourth-order valence-corrected chi connectivity index (χ4v) is 3.15. The SMILES string of the molecule is CCC(C)(C)SN1C(=O)C(=O)N(SC(C)(C)CC)C1=O. The van der Waals surface area contributed by atoms with Crippen LogP contribution in [0.15, 0.2) is 0 Å². The Morgan fingerprint density at radius 3 is 1.35 bits per heavy atom. The quantitative estimate of drug-likeness (QED) is 0.426. The number of urea groups is 1. The lowest BCUT2D eigenvalue weighted by Crippen LogP contribution is -2.32. The molecule has 0 aliphatic carbocycles. The summed E-state index contributed by atoms with van der Waals surface area (Å²) in [5, 5.41) is 0. The molecular weight excluding hydrogens is 296 g/mol. The van der Waals surface area contributed by atoms with E-state index in [1.165, 1.54) is 0 Å². The normalized spacial score (nSPS) is 17.4. The summed E-state index contributed by atoms with van der Waals surface area (Å²) >= 11 is 2.25. The second-order valence-corrected chi connectivity index (χ2v) is 9.20. The molecule has 7 heteroatoms. The lowest BCUT2D eigenvalue weighted by Gasteiger charge is -2.27. The van der Waals surface area contributed by atoms with Crippen LogP contribution in [-0.2, 0) is 9.59 Å². The third-order valence-electron chi connectivity index (χ3n) is 3.28. The van der Waals surface area contributed by atoms with E-state index < -0.39 is 17.8 Å². The predicted molar refractivity (Wildman–Crippen MR) is 83.0 cm³/mol. The molecule has 5 nitrogen and oxygen atoms in total. The highest BCUT2D eigenvalue weighted by molar-refractivity contribution is 8.01. The maximum atomic E-state index is 12.3.